The van der Waals surface area contributed by atoms with E-state index in [4.69, 9.17) is 47.4 Å². The molecule has 0 radical (unpaired) electrons. The van der Waals surface area contributed by atoms with Crippen LogP contribution in [-0.2, 0) is 20.9 Å². The number of nitrogens with one attached hydrogen (secondary N) is 3. The topological polar surface area (TPSA) is 231 Å². The summed E-state index contributed by atoms with van der Waals surface area (Å²) in [6.45, 7) is 10.5. The van der Waals surface area contributed by atoms with E-state index in [1.165, 1.54) is 15.6 Å². The first-order valence-corrected chi connectivity index (χ1v) is 27.2. The maximum atomic E-state index is 15.9. The SMILES string of the molecule is C=C[C@@H](COc1nc(N2C[C@@H]3C[C@H]2CN3)c2cc(Cl)c(-c3c(C)c(F)cc4[nH]ncc34)c(OCc3ccc(-c4cn([C@H](C(=O)N5C[C@H](O)C[C@H]5C(=O)N[C@@H](CO)c5ccc(-c6ccncc6Cl)cc5)C(C)C)nn4)cc3)c2n1)OC. The highest BCUT2D eigenvalue weighted by molar-refractivity contribution is 6.36. The summed E-state index contributed by atoms with van der Waals surface area (Å²) < 4.78 is 36.0. The Morgan fingerprint density at radius 1 is 0.975 bits per heavy atom. The van der Waals surface area contributed by atoms with Gasteiger partial charge in [0.25, 0.3) is 0 Å². The number of aromatic nitrogens is 8. The van der Waals surface area contributed by atoms with E-state index >= 15 is 4.39 Å². The van der Waals surface area contributed by atoms with Crippen molar-refractivity contribution < 1.29 is 38.4 Å². The van der Waals surface area contributed by atoms with Crippen molar-refractivity contribution in [3.05, 3.63) is 137 Å². The normalized spacial score (nSPS) is 19.0. The third-order valence-corrected chi connectivity index (χ3v) is 16.0. The minimum atomic E-state index is -1.01. The first-order chi connectivity index (χ1) is 38.7. The average Bonchev–Trinajstić information content (AvgIpc) is 4.40. The molecule has 7 heterocycles. The molecule has 11 rings (SSSR count). The van der Waals surface area contributed by atoms with Gasteiger partial charge in [-0.1, -0.05) is 96.9 Å². The molecule has 4 aromatic heterocycles. The number of carbonyl (C=O) groups excluding carboxylic acids is 2. The second kappa shape index (κ2) is 22.9. The summed E-state index contributed by atoms with van der Waals surface area (Å²) in [7, 11) is 1.57. The number of carbonyl (C=O) groups is 2. The highest BCUT2D eigenvalue weighted by atomic mass is 35.5. The minimum Gasteiger partial charge on any atom is -0.486 e. The number of ether oxygens (including phenoxy) is 3. The highest BCUT2D eigenvalue weighted by Crippen LogP contribution is 2.49. The highest BCUT2D eigenvalue weighted by Gasteiger charge is 2.44. The number of amides is 2. The number of nitrogens with zero attached hydrogens (tertiary/aromatic N) is 9. The van der Waals surface area contributed by atoms with Gasteiger partial charge in [-0.2, -0.15) is 15.1 Å². The number of aliphatic hydroxyl groups excluding tert-OH is 2. The quantitative estimate of drug-likeness (QED) is 0.0484. The minimum absolute atomic E-state index is 0.0130. The number of hydrogen-bond donors (Lipinski definition) is 5. The molecule has 22 heteroatoms. The molecular weight excluding hydrogens is 1070 g/mol. The Morgan fingerprint density at radius 2 is 1.76 bits per heavy atom. The molecular formula is C58H59Cl2FN12O7. The number of halogens is 3. The van der Waals surface area contributed by atoms with E-state index in [2.05, 4.69) is 47.6 Å². The molecule has 8 aromatic rings. The van der Waals surface area contributed by atoms with Crippen LogP contribution in [0.3, 0.4) is 0 Å². The number of piperazine rings is 1. The summed E-state index contributed by atoms with van der Waals surface area (Å²) >= 11 is 13.7. The summed E-state index contributed by atoms with van der Waals surface area (Å²) in [6, 6.07) is 17.7. The fourth-order valence-corrected chi connectivity index (χ4v) is 11.7. The maximum Gasteiger partial charge on any atom is 0.319 e. The number of hydrogen-bond acceptors (Lipinski definition) is 15. The summed E-state index contributed by atoms with van der Waals surface area (Å²) in [5, 5.41) is 45.9. The fourth-order valence-electron chi connectivity index (χ4n) is 11.2. The van der Waals surface area contributed by atoms with Crippen LogP contribution in [0, 0.1) is 18.7 Å². The summed E-state index contributed by atoms with van der Waals surface area (Å²) in [5.74, 6) is -0.755. The van der Waals surface area contributed by atoms with Crippen molar-refractivity contribution in [1.29, 1.82) is 0 Å². The monoisotopic (exact) mass is 1120 g/mol. The largest absolute Gasteiger partial charge is 0.486 e. The van der Waals surface area contributed by atoms with Gasteiger partial charge in [-0.15, -0.1) is 11.7 Å². The lowest BCUT2D eigenvalue weighted by Gasteiger charge is -2.30. The molecule has 0 saturated carbocycles. The van der Waals surface area contributed by atoms with Crippen LogP contribution >= 0.6 is 23.2 Å². The van der Waals surface area contributed by atoms with Crippen molar-refractivity contribution in [2.24, 2.45) is 5.92 Å². The zero-order chi connectivity index (χ0) is 55.9. The molecule has 19 nitrogen and oxygen atoms in total. The smallest absolute Gasteiger partial charge is 0.319 e. The lowest BCUT2D eigenvalue weighted by molar-refractivity contribution is -0.142. The Balaban J connectivity index is 0.855. The van der Waals surface area contributed by atoms with Gasteiger partial charge in [0.1, 0.15) is 54.2 Å². The predicted octanol–water partition coefficient (Wildman–Crippen LogP) is 7.97. The molecule has 0 aliphatic carbocycles. The van der Waals surface area contributed by atoms with E-state index in [1.807, 2.05) is 56.3 Å². The van der Waals surface area contributed by atoms with E-state index in [0.29, 0.717) is 83.5 Å². The van der Waals surface area contributed by atoms with Crippen molar-refractivity contribution in [2.75, 3.05) is 44.9 Å². The Labute approximate surface area is 470 Å². The lowest BCUT2D eigenvalue weighted by Crippen LogP contribution is -2.50. The number of H-pyrrole nitrogens is 1. The van der Waals surface area contributed by atoms with Crippen molar-refractivity contribution in [1.82, 2.24) is 55.7 Å². The predicted molar refractivity (Wildman–Crippen MR) is 301 cm³/mol. The Morgan fingerprint density at radius 3 is 2.46 bits per heavy atom. The van der Waals surface area contributed by atoms with Crippen LogP contribution in [0.4, 0.5) is 10.2 Å². The third-order valence-electron chi connectivity index (χ3n) is 15.4. The van der Waals surface area contributed by atoms with Gasteiger partial charge in [-0.3, -0.25) is 19.7 Å². The van der Waals surface area contributed by atoms with Crippen LogP contribution in [0.2, 0.25) is 10.0 Å². The van der Waals surface area contributed by atoms with Gasteiger partial charge in [-0.25, -0.2) is 9.07 Å². The number of methoxy groups -OCH3 is 1. The number of aliphatic hydroxyl groups is 2. The van der Waals surface area contributed by atoms with E-state index in [0.717, 1.165) is 29.7 Å². The molecule has 2 bridgehead atoms. The number of pyridine rings is 1. The van der Waals surface area contributed by atoms with Crippen LogP contribution in [-0.4, -0.2) is 137 Å². The summed E-state index contributed by atoms with van der Waals surface area (Å²) in [6.07, 6.45) is 7.74. The van der Waals surface area contributed by atoms with E-state index in [1.54, 1.807) is 63.1 Å². The number of likely N-dealkylation sites (tertiary alicyclic amines) is 1. The van der Waals surface area contributed by atoms with E-state index < -0.39 is 54.6 Å². The van der Waals surface area contributed by atoms with Crippen LogP contribution in [0.1, 0.15) is 55.5 Å². The van der Waals surface area contributed by atoms with Crippen LogP contribution < -0.4 is 25.0 Å². The Hall–Kier alpha value is -7.59. The first kappa shape index (κ1) is 54.4. The van der Waals surface area contributed by atoms with Crippen LogP contribution in [0.15, 0.2) is 104 Å². The number of rotatable bonds is 19. The van der Waals surface area contributed by atoms with Gasteiger partial charge < -0.3 is 44.9 Å². The molecule has 7 atom stereocenters. The van der Waals surface area contributed by atoms with Gasteiger partial charge in [0, 0.05) is 90.7 Å². The van der Waals surface area contributed by atoms with Gasteiger partial charge >= 0.3 is 6.01 Å². The number of anilines is 1. The standard InChI is InChI=1S/C58H59Cl2FN12O7/c1-6-39(78-5)29-80-58-66-52-41(55(67-58)71-24-36-17-37(71)21-63-36)19-43(59)51(50-31(4)45(61)20-46-42(50)22-64-68-46)54(52)79-28-32-7-9-34(10-8-32)47-26-73(70-69-47)53(30(2)3)57(77)72-25-38(75)18-49(72)56(76)65-48(27-74)35-13-11-33(12-14-35)40-15-16-62-23-44(40)60/h6-16,19-20,22-23,26,30,36-39,48-49,53,63,74-75H,1,17-18,21,24-25,27-29H2,2-5H3,(H,64,68)(H,65,76)/t36-,37-,38+,39-,48-,49-,53-/m0/s1. The lowest BCUT2D eigenvalue weighted by atomic mass is 9.94. The van der Waals surface area contributed by atoms with Gasteiger partial charge in [0.2, 0.25) is 11.8 Å². The molecule has 5 N–H and O–H groups in total. The molecule has 3 fully saturated rings. The molecule has 4 aromatic carbocycles. The average molecular weight is 1130 g/mol. The summed E-state index contributed by atoms with van der Waals surface area (Å²) in [4.78, 5) is 46.2. The van der Waals surface area contributed by atoms with Crippen molar-refractivity contribution >= 4 is 62.6 Å². The molecule has 0 unspecified atom stereocenters. The van der Waals surface area contributed by atoms with Crippen LogP contribution in [0.5, 0.6) is 11.8 Å². The summed E-state index contributed by atoms with van der Waals surface area (Å²) in [5.41, 5.74) is 6.36. The second-order valence-corrected chi connectivity index (χ2v) is 21.6. The Kier molecular flexibility index (Phi) is 15.5. The number of fused-ring (bicyclic) bond motifs is 4. The third kappa shape index (κ3) is 10.5. The van der Waals surface area contributed by atoms with Crippen molar-refractivity contribution in [3.63, 3.8) is 0 Å². The Bertz CT molecular complexity index is 3620. The zero-order valence-electron chi connectivity index (χ0n) is 44.3. The van der Waals surface area contributed by atoms with E-state index in [-0.39, 0.29) is 50.2 Å². The van der Waals surface area contributed by atoms with Crippen molar-refractivity contribution in [3.8, 4) is 45.3 Å². The zero-order valence-corrected chi connectivity index (χ0v) is 45.8. The number of benzene rings is 4. The molecule has 0 spiro atoms. The number of β-amino-alcohol motifs (C(OH)–C–C–N with tert-alkyl or cyclic N) is 1. The first-order valence-electron chi connectivity index (χ1n) is 26.4. The second-order valence-electron chi connectivity index (χ2n) is 20.8. The molecule has 414 valence electrons. The molecule has 3 saturated heterocycles. The van der Waals surface area contributed by atoms with Gasteiger partial charge in [-0.05, 0) is 59.7 Å². The fraction of sp³-hybridized carbons (Fsp3) is 0.345. The van der Waals surface area contributed by atoms with Gasteiger partial charge in [0.05, 0.1) is 46.7 Å². The number of aromatic amines is 1. The van der Waals surface area contributed by atoms with Gasteiger partial charge in [0.15, 0.2) is 5.75 Å². The maximum absolute atomic E-state index is 15.9. The molecule has 3 aliphatic rings. The molecule has 3 aliphatic heterocycles. The molecule has 80 heavy (non-hydrogen) atoms. The van der Waals surface area contributed by atoms with E-state index in [9.17, 15) is 19.8 Å². The van der Waals surface area contributed by atoms with Crippen molar-refractivity contribution in [2.45, 2.75) is 82.6 Å². The van der Waals surface area contributed by atoms with Crippen LogP contribution in [0.25, 0.3) is 55.3 Å². The molecule has 2 amide bonds.